The summed E-state index contributed by atoms with van der Waals surface area (Å²) >= 11 is 0. The molecule has 96 valence electrons. The van der Waals surface area contributed by atoms with Crippen LogP contribution in [0.2, 0.25) is 0 Å². The summed E-state index contributed by atoms with van der Waals surface area (Å²) in [6, 6.07) is 4.31. The summed E-state index contributed by atoms with van der Waals surface area (Å²) in [5.74, 6) is -1.63. The van der Waals surface area contributed by atoms with E-state index in [0.717, 1.165) is 0 Å². The minimum atomic E-state index is -0.970. The molecule has 1 aromatic carbocycles. The van der Waals surface area contributed by atoms with E-state index in [9.17, 15) is 13.2 Å². The number of rotatable bonds is 3. The maximum Gasteiger partial charge on any atom is 0.152 e. The highest BCUT2D eigenvalue weighted by atomic mass is 19.1. The number of aryl methyl sites for hydroxylation is 1. The summed E-state index contributed by atoms with van der Waals surface area (Å²) in [5, 5.41) is 2.62. The quantitative estimate of drug-likeness (QED) is 0.890. The molecule has 1 atom stereocenters. The van der Waals surface area contributed by atoms with Crippen molar-refractivity contribution in [3.63, 3.8) is 0 Å². The first kappa shape index (κ1) is 12.5. The lowest BCUT2D eigenvalue weighted by molar-refractivity contribution is 0.464. The Morgan fingerprint density at radius 1 is 1.11 bits per heavy atom. The van der Waals surface area contributed by atoms with E-state index in [-0.39, 0.29) is 5.69 Å². The monoisotopic (exact) mass is 255 g/mol. The van der Waals surface area contributed by atoms with Crippen molar-refractivity contribution >= 4 is 5.69 Å². The van der Waals surface area contributed by atoms with Crippen molar-refractivity contribution in [3.05, 3.63) is 53.2 Å². The molecule has 0 amide bonds. The third-order valence-corrected chi connectivity index (χ3v) is 2.56. The maximum atomic E-state index is 13.4. The molecule has 0 aliphatic rings. The van der Waals surface area contributed by atoms with Crippen LogP contribution in [0.5, 0.6) is 0 Å². The molecule has 1 unspecified atom stereocenters. The normalized spacial score (nSPS) is 12.5. The van der Waals surface area contributed by atoms with Crippen molar-refractivity contribution in [2.45, 2.75) is 19.9 Å². The molecule has 0 aliphatic heterocycles. The Labute approximate surface area is 102 Å². The Hall–Kier alpha value is -1.91. The molecular formula is C13H12F3NO. The van der Waals surface area contributed by atoms with Crippen molar-refractivity contribution in [2.75, 3.05) is 5.32 Å². The molecule has 2 aromatic rings. The number of halogens is 3. The number of anilines is 1. The van der Waals surface area contributed by atoms with Gasteiger partial charge in [-0.15, -0.1) is 0 Å². The maximum absolute atomic E-state index is 13.4. The molecule has 2 nitrogen and oxygen atoms in total. The molecule has 0 spiro atoms. The van der Waals surface area contributed by atoms with Crippen LogP contribution in [0.25, 0.3) is 0 Å². The first-order chi connectivity index (χ1) is 8.47. The smallest absolute Gasteiger partial charge is 0.152 e. The molecule has 1 N–H and O–H groups in total. The van der Waals surface area contributed by atoms with E-state index >= 15 is 0 Å². The van der Waals surface area contributed by atoms with E-state index < -0.39 is 23.5 Å². The van der Waals surface area contributed by atoms with Crippen LogP contribution in [0.3, 0.4) is 0 Å². The average molecular weight is 255 g/mol. The minimum absolute atomic E-state index is 0.363. The van der Waals surface area contributed by atoms with Crippen LogP contribution < -0.4 is 5.32 Å². The van der Waals surface area contributed by atoms with Crippen LogP contribution in [0, 0.1) is 24.4 Å². The Bertz CT molecular complexity index is 542. The highest BCUT2D eigenvalue weighted by Crippen LogP contribution is 2.26. The minimum Gasteiger partial charge on any atom is -0.464 e. The van der Waals surface area contributed by atoms with Gasteiger partial charge in [0.1, 0.15) is 23.0 Å². The number of benzene rings is 1. The highest BCUT2D eigenvalue weighted by molar-refractivity contribution is 5.47. The fourth-order valence-electron chi connectivity index (χ4n) is 1.65. The first-order valence-electron chi connectivity index (χ1n) is 5.45. The predicted octanol–water partition coefficient (Wildman–Crippen LogP) is 4.18. The van der Waals surface area contributed by atoms with Crippen molar-refractivity contribution in [2.24, 2.45) is 0 Å². The topological polar surface area (TPSA) is 25.2 Å². The third kappa shape index (κ3) is 2.50. The molecule has 0 bridgehead atoms. The standard InChI is InChI=1S/C13H12F3NO/c1-7-3-4-12(18-7)8(2)17-13-10(15)5-9(14)6-11(13)16/h3-6,8,17H,1-2H3. The van der Waals surface area contributed by atoms with Gasteiger partial charge in [0.15, 0.2) is 11.6 Å². The van der Waals surface area contributed by atoms with Gasteiger partial charge in [-0.25, -0.2) is 13.2 Å². The van der Waals surface area contributed by atoms with Gasteiger partial charge in [0.2, 0.25) is 0 Å². The average Bonchev–Trinajstić information content (AvgIpc) is 2.70. The zero-order chi connectivity index (χ0) is 13.3. The van der Waals surface area contributed by atoms with Gasteiger partial charge in [-0.2, -0.15) is 0 Å². The van der Waals surface area contributed by atoms with Gasteiger partial charge in [0.25, 0.3) is 0 Å². The van der Waals surface area contributed by atoms with E-state index in [1.807, 2.05) is 0 Å². The Kier molecular flexibility index (Phi) is 3.32. The van der Waals surface area contributed by atoms with Crippen LogP contribution in [-0.2, 0) is 0 Å². The molecule has 5 heteroatoms. The molecule has 1 heterocycles. The van der Waals surface area contributed by atoms with Gasteiger partial charge in [-0.1, -0.05) is 0 Å². The second-order valence-corrected chi connectivity index (χ2v) is 4.06. The molecule has 18 heavy (non-hydrogen) atoms. The molecule has 0 radical (unpaired) electrons. The summed E-state index contributed by atoms with van der Waals surface area (Å²) < 4.78 is 44.9. The van der Waals surface area contributed by atoms with E-state index in [1.165, 1.54) is 0 Å². The van der Waals surface area contributed by atoms with Crippen molar-refractivity contribution in [1.82, 2.24) is 0 Å². The zero-order valence-corrected chi connectivity index (χ0v) is 9.93. The molecule has 0 saturated heterocycles. The lowest BCUT2D eigenvalue weighted by Gasteiger charge is -2.14. The Morgan fingerprint density at radius 3 is 2.22 bits per heavy atom. The fourth-order valence-corrected chi connectivity index (χ4v) is 1.65. The fraction of sp³-hybridized carbons (Fsp3) is 0.231. The van der Waals surface area contributed by atoms with E-state index in [2.05, 4.69) is 5.32 Å². The zero-order valence-electron chi connectivity index (χ0n) is 9.93. The summed E-state index contributed by atoms with van der Waals surface area (Å²) in [7, 11) is 0. The van der Waals surface area contributed by atoms with Crippen LogP contribution in [0.4, 0.5) is 18.9 Å². The summed E-state index contributed by atoms with van der Waals surface area (Å²) in [5.41, 5.74) is -0.363. The van der Waals surface area contributed by atoms with E-state index in [4.69, 9.17) is 4.42 Å². The second-order valence-electron chi connectivity index (χ2n) is 4.06. The molecule has 0 saturated carbocycles. The van der Waals surface area contributed by atoms with Gasteiger partial charge < -0.3 is 9.73 Å². The van der Waals surface area contributed by atoms with Gasteiger partial charge >= 0.3 is 0 Å². The van der Waals surface area contributed by atoms with Gasteiger partial charge in [-0.3, -0.25) is 0 Å². The van der Waals surface area contributed by atoms with Gasteiger partial charge in [0.05, 0.1) is 6.04 Å². The summed E-state index contributed by atoms with van der Waals surface area (Å²) in [4.78, 5) is 0. The molecule has 2 rings (SSSR count). The van der Waals surface area contributed by atoms with E-state index in [0.29, 0.717) is 23.7 Å². The van der Waals surface area contributed by atoms with Gasteiger partial charge in [-0.05, 0) is 26.0 Å². The number of hydrogen-bond donors (Lipinski definition) is 1. The Morgan fingerprint density at radius 2 is 1.72 bits per heavy atom. The van der Waals surface area contributed by atoms with Crippen LogP contribution in [-0.4, -0.2) is 0 Å². The number of furan rings is 1. The van der Waals surface area contributed by atoms with E-state index in [1.54, 1.807) is 26.0 Å². The van der Waals surface area contributed by atoms with Crippen LogP contribution >= 0.6 is 0 Å². The summed E-state index contributed by atoms with van der Waals surface area (Å²) in [6.45, 7) is 3.47. The predicted molar refractivity (Wildman–Crippen MR) is 61.8 cm³/mol. The van der Waals surface area contributed by atoms with Crippen molar-refractivity contribution in [3.8, 4) is 0 Å². The second kappa shape index (κ2) is 4.76. The number of nitrogens with one attached hydrogen (secondary N) is 1. The number of hydrogen-bond acceptors (Lipinski definition) is 2. The highest BCUT2D eigenvalue weighted by Gasteiger charge is 2.16. The first-order valence-corrected chi connectivity index (χ1v) is 5.45. The van der Waals surface area contributed by atoms with Crippen molar-refractivity contribution in [1.29, 1.82) is 0 Å². The third-order valence-electron chi connectivity index (χ3n) is 2.56. The van der Waals surface area contributed by atoms with Crippen LogP contribution in [0.1, 0.15) is 24.5 Å². The van der Waals surface area contributed by atoms with Crippen LogP contribution in [0.15, 0.2) is 28.7 Å². The summed E-state index contributed by atoms with van der Waals surface area (Å²) in [6.07, 6.45) is 0. The molecule has 0 aliphatic carbocycles. The molecule has 1 aromatic heterocycles. The molecule has 0 fully saturated rings. The van der Waals surface area contributed by atoms with Gasteiger partial charge in [0, 0.05) is 12.1 Å². The molecular weight excluding hydrogens is 243 g/mol. The lowest BCUT2D eigenvalue weighted by Crippen LogP contribution is -2.09. The largest absolute Gasteiger partial charge is 0.464 e. The SMILES string of the molecule is Cc1ccc(C(C)Nc2c(F)cc(F)cc2F)o1. The van der Waals surface area contributed by atoms with Crippen molar-refractivity contribution < 1.29 is 17.6 Å². The lowest BCUT2D eigenvalue weighted by atomic mass is 10.2. The Balaban J connectivity index is 2.24.